The van der Waals surface area contributed by atoms with Gasteiger partial charge >= 0.3 is 6.03 Å². The molecule has 1 aromatic heterocycles. The molecular weight excluding hydrogens is 182 g/mol. The maximum absolute atomic E-state index is 11.3. The molecule has 0 aliphatic heterocycles. The number of anilines is 2. The third kappa shape index (κ3) is 1.78. The molecule has 1 heterocycles. The van der Waals surface area contributed by atoms with Gasteiger partial charge in [-0.05, 0) is 19.3 Å². The van der Waals surface area contributed by atoms with Gasteiger partial charge in [0.2, 0.25) is 0 Å². The molecule has 2 amide bonds. The minimum atomic E-state index is -0.231. The van der Waals surface area contributed by atoms with Gasteiger partial charge in [-0.1, -0.05) is 0 Å². The SMILES string of the molecule is Nc1cn[nH]c1NC(=O)NC1CCC1. The quantitative estimate of drug-likeness (QED) is 0.558. The molecule has 0 aromatic carbocycles. The van der Waals surface area contributed by atoms with Crippen LogP contribution in [-0.2, 0) is 0 Å². The van der Waals surface area contributed by atoms with Crippen molar-refractivity contribution in [3.05, 3.63) is 6.20 Å². The first-order valence-corrected chi connectivity index (χ1v) is 4.62. The third-order valence-corrected chi connectivity index (χ3v) is 2.35. The fraction of sp³-hybridized carbons (Fsp3) is 0.500. The van der Waals surface area contributed by atoms with E-state index in [2.05, 4.69) is 20.8 Å². The van der Waals surface area contributed by atoms with Crippen molar-refractivity contribution in [2.45, 2.75) is 25.3 Å². The van der Waals surface area contributed by atoms with E-state index in [1.165, 1.54) is 12.6 Å². The Morgan fingerprint density at radius 1 is 1.64 bits per heavy atom. The predicted molar refractivity (Wildman–Crippen MR) is 52.8 cm³/mol. The van der Waals surface area contributed by atoms with Crippen LogP contribution in [-0.4, -0.2) is 22.3 Å². The molecule has 14 heavy (non-hydrogen) atoms. The summed E-state index contributed by atoms with van der Waals surface area (Å²) in [6.07, 6.45) is 4.77. The van der Waals surface area contributed by atoms with Gasteiger partial charge in [0.1, 0.15) is 0 Å². The van der Waals surface area contributed by atoms with Gasteiger partial charge in [0, 0.05) is 6.04 Å². The number of amides is 2. The predicted octanol–water partition coefficient (Wildman–Crippen LogP) is 0.666. The van der Waals surface area contributed by atoms with Crippen molar-refractivity contribution in [3.63, 3.8) is 0 Å². The molecule has 76 valence electrons. The number of carbonyl (C=O) groups is 1. The number of nitrogens with one attached hydrogen (secondary N) is 3. The van der Waals surface area contributed by atoms with Crippen LogP contribution in [0, 0.1) is 0 Å². The number of hydrogen-bond donors (Lipinski definition) is 4. The smallest absolute Gasteiger partial charge is 0.320 e. The highest BCUT2D eigenvalue weighted by molar-refractivity contribution is 5.91. The Labute approximate surface area is 81.2 Å². The fourth-order valence-electron chi connectivity index (χ4n) is 1.28. The zero-order valence-corrected chi connectivity index (χ0v) is 7.71. The highest BCUT2D eigenvalue weighted by atomic mass is 16.2. The summed E-state index contributed by atoms with van der Waals surface area (Å²) in [4.78, 5) is 11.3. The van der Waals surface area contributed by atoms with Crippen LogP contribution in [0.3, 0.4) is 0 Å². The van der Waals surface area contributed by atoms with E-state index in [1.54, 1.807) is 0 Å². The number of aromatic nitrogens is 2. The van der Waals surface area contributed by atoms with Gasteiger partial charge < -0.3 is 11.1 Å². The van der Waals surface area contributed by atoms with Crippen molar-refractivity contribution in [2.75, 3.05) is 11.1 Å². The summed E-state index contributed by atoms with van der Waals surface area (Å²) in [7, 11) is 0. The standard InChI is InChI=1S/C8H13N5O/c9-6-4-10-13-7(6)12-8(14)11-5-2-1-3-5/h4-5H,1-3,9H2,(H3,10,11,12,13,14). The molecule has 0 bridgehead atoms. The molecular formula is C8H13N5O. The maximum atomic E-state index is 11.3. The molecule has 5 N–H and O–H groups in total. The van der Waals surface area contributed by atoms with Crippen molar-refractivity contribution in [1.29, 1.82) is 0 Å². The molecule has 1 aliphatic carbocycles. The van der Waals surface area contributed by atoms with Crippen LogP contribution in [0.2, 0.25) is 0 Å². The van der Waals surface area contributed by atoms with E-state index in [1.807, 2.05) is 0 Å². The van der Waals surface area contributed by atoms with Crippen molar-refractivity contribution in [2.24, 2.45) is 0 Å². The van der Waals surface area contributed by atoms with Crippen molar-refractivity contribution in [1.82, 2.24) is 15.5 Å². The van der Waals surface area contributed by atoms with Crippen LogP contribution in [0.1, 0.15) is 19.3 Å². The summed E-state index contributed by atoms with van der Waals surface area (Å²) < 4.78 is 0. The fourth-order valence-corrected chi connectivity index (χ4v) is 1.28. The first-order valence-electron chi connectivity index (χ1n) is 4.62. The number of urea groups is 1. The molecule has 6 heteroatoms. The second-order valence-corrected chi connectivity index (χ2v) is 3.43. The van der Waals surface area contributed by atoms with Crippen LogP contribution < -0.4 is 16.4 Å². The average molecular weight is 195 g/mol. The number of nitrogens with zero attached hydrogens (tertiary/aromatic N) is 1. The van der Waals surface area contributed by atoms with Crippen molar-refractivity contribution in [3.8, 4) is 0 Å². The molecule has 6 nitrogen and oxygen atoms in total. The molecule has 1 aliphatic rings. The summed E-state index contributed by atoms with van der Waals surface area (Å²) in [5.74, 6) is 0.446. The number of carbonyl (C=O) groups excluding carboxylic acids is 1. The zero-order valence-electron chi connectivity index (χ0n) is 7.71. The van der Waals surface area contributed by atoms with Gasteiger partial charge in [-0.3, -0.25) is 10.4 Å². The molecule has 1 fully saturated rings. The number of rotatable bonds is 2. The molecule has 0 radical (unpaired) electrons. The molecule has 2 rings (SSSR count). The van der Waals surface area contributed by atoms with E-state index in [9.17, 15) is 4.79 Å². The lowest BCUT2D eigenvalue weighted by Gasteiger charge is -2.26. The molecule has 0 spiro atoms. The molecule has 1 saturated carbocycles. The van der Waals surface area contributed by atoms with Crippen LogP contribution in [0.5, 0.6) is 0 Å². The van der Waals surface area contributed by atoms with E-state index < -0.39 is 0 Å². The Bertz CT molecular complexity index is 330. The average Bonchev–Trinajstić information content (AvgIpc) is 2.45. The summed E-state index contributed by atoms with van der Waals surface area (Å²) in [5.41, 5.74) is 5.97. The molecule has 1 aromatic rings. The molecule has 0 saturated heterocycles. The molecule has 0 atom stereocenters. The van der Waals surface area contributed by atoms with E-state index in [4.69, 9.17) is 5.73 Å². The van der Waals surface area contributed by atoms with E-state index >= 15 is 0 Å². The number of aromatic amines is 1. The van der Waals surface area contributed by atoms with Gasteiger partial charge in [-0.15, -0.1) is 0 Å². The number of hydrogen-bond acceptors (Lipinski definition) is 3. The lowest BCUT2D eigenvalue weighted by atomic mass is 9.93. The summed E-state index contributed by atoms with van der Waals surface area (Å²) in [6, 6.07) is 0.0878. The summed E-state index contributed by atoms with van der Waals surface area (Å²) in [5, 5.41) is 11.7. The summed E-state index contributed by atoms with van der Waals surface area (Å²) in [6.45, 7) is 0. The van der Waals surface area contributed by atoms with Crippen molar-refractivity contribution >= 4 is 17.5 Å². The first kappa shape index (κ1) is 8.86. The largest absolute Gasteiger partial charge is 0.394 e. The monoisotopic (exact) mass is 195 g/mol. The van der Waals surface area contributed by atoms with E-state index in [0.29, 0.717) is 17.5 Å². The van der Waals surface area contributed by atoms with Gasteiger partial charge in [0.25, 0.3) is 0 Å². The first-order chi connectivity index (χ1) is 6.75. The second-order valence-electron chi connectivity index (χ2n) is 3.43. The Hall–Kier alpha value is -1.72. The van der Waals surface area contributed by atoms with Crippen LogP contribution in [0.15, 0.2) is 6.20 Å². The van der Waals surface area contributed by atoms with Crippen LogP contribution in [0.4, 0.5) is 16.3 Å². The van der Waals surface area contributed by atoms with Gasteiger partial charge in [0.05, 0.1) is 11.9 Å². The van der Waals surface area contributed by atoms with Crippen LogP contribution >= 0.6 is 0 Å². The normalized spacial score (nSPS) is 16.0. The highest BCUT2D eigenvalue weighted by Crippen LogP contribution is 2.18. The highest BCUT2D eigenvalue weighted by Gasteiger charge is 2.19. The Kier molecular flexibility index (Phi) is 2.26. The number of H-pyrrole nitrogens is 1. The topological polar surface area (TPSA) is 95.8 Å². The van der Waals surface area contributed by atoms with Gasteiger partial charge in [-0.25, -0.2) is 4.79 Å². The van der Waals surface area contributed by atoms with E-state index in [-0.39, 0.29) is 6.03 Å². The molecule has 0 unspecified atom stereocenters. The minimum Gasteiger partial charge on any atom is -0.394 e. The Morgan fingerprint density at radius 3 is 2.93 bits per heavy atom. The summed E-state index contributed by atoms with van der Waals surface area (Å²) >= 11 is 0. The maximum Gasteiger partial charge on any atom is 0.320 e. The zero-order chi connectivity index (χ0) is 9.97. The second kappa shape index (κ2) is 3.57. The minimum absolute atomic E-state index is 0.231. The van der Waals surface area contributed by atoms with Crippen molar-refractivity contribution < 1.29 is 4.79 Å². The lowest BCUT2D eigenvalue weighted by Crippen LogP contribution is -2.42. The third-order valence-electron chi connectivity index (χ3n) is 2.35. The number of nitrogen functional groups attached to an aromatic ring is 1. The lowest BCUT2D eigenvalue weighted by molar-refractivity contribution is 0.240. The van der Waals surface area contributed by atoms with E-state index in [0.717, 1.165) is 12.8 Å². The Morgan fingerprint density at radius 2 is 2.43 bits per heavy atom. The van der Waals surface area contributed by atoms with Crippen LogP contribution in [0.25, 0.3) is 0 Å². The Balaban J connectivity index is 1.84. The number of nitrogens with two attached hydrogens (primary N) is 1. The van der Waals surface area contributed by atoms with Gasteiger partial charge in [0.15, 0.2) is 5.82 Å². The van der Waals surface area contributed by atoms with Gasteiger partial charge in [-0.2, -0.15) is 5.10 Å².